The molecule has 0 saturated heterocycles. The number of hydrogen-bond donors (Lipinski definition) is 1. The van der Waals surface area contributed by atoms with Gasteiger partial charge in [0.25, 0.3) is 0 Å². The van der Waals surface area contributed by atoms with E-state index in [1.54, 1.807) is 24.5 Å². The van der Waals surface area contributed by atoms with Gasteiger partial charge in [0.1, 0.15) is 11.4 Å². The molecule has 0 aliphatic carbocycles. The van der Waals surface area contributed by atoms with E-state index in [4.69, 9.17) is 9.26 Å². The largest absolute Gasteiger partial charge is 0.497 e. The maximum Gasteiger partial charge on any atom is 0.231 e. The lowest BCUT2D eigenvalue weighted by molar-refractivity contribution is -0.116. The Balaban J connectivity index is 1.56. The van der Waals surface area contributed by atoms with Crippen molar-refractivity contribution in [2.24, 2.45) is 0 Å². The molecule has 0 radical (unpaired) electrons. The molecule has 1 amide bonds. The molecule has 1 aromatic carbocycles. The zero-order valence-corrected chi connectivity index (χ0v) is 14.4. The highest BCUT2D eigenvalue weighted by molar-refractivity contribution is 7.15. The first-order valence-corrected chi connectivity index (χ1v) is 8.42. The highest BCUT2D eigenvalue weighted by Crippen LogP contribution is 2.28. The van der Waals surface area contributed by atoms with Gasteiger partial charge in [0.2, 0.25) is 11.8 Å². The van der Waals surface area contributed by atoms with Gasteiger partial charge >= 0.3 is 0 Å². The molecule has 2 heterocycles. The topological polar surface area (TPSA) is 64.4 Å². The Hall–Kier alpha value is -2.60. The standard InChI is InChI=1S/C18H18N2O3S/c1-12-6-8-16(24-12)15-11-18(23-20-15)19-17(21)9-7-13-4-3-5-14(10-13)22-2/h3-6,8,10-11H,7,9H2,1-2H3,(H,19,21). The van der Waals surface area contributed by atoms with Crippen molar-refractivity contribution in [3.63, 3.8) is 0 Å². The molecule has 0 bridgehead atoms. The zero-order valence-electron chi connectivity index (χ0n) is 13.5. The van der Waals surface area contributed by atoms with Gasteiger partial charge in [0, 0.05) is 17.4 Å². The Bertz CT molecular complexity index is 838. The van der Waals surface area contributed by atoms with Gasteiger partial charge in [-0.3, -0.25) is 10.1 Å². The number of nitrogens with zero attached hydrogens (tertiary/aromatic N) is 1. The van der Waals surface area contributed by atoms with Crippen LogP contribution in [0.25, 0.3) is 10.6 Å². The summed E-state index contributed by atoms with van der Waals surface area (Å²) in [6.07, 6.45) is 0.995. The van der Waals surface area contributed by atoms with Crippen LogP contribution in [-0.2, 0) is 11.2 Å². The van der Waals surface area contributed by atoms with E-state index in [1.165, 1.54) is 4.88 Å². The van der Waals surface area contributed by atoms with Gasteiger partial charge in [0.05, 0.1) is 12.0 Å². The normalized spacial score (nSPS) is 10.6. The third kappa shape index (κ3) is 4.02. The minimum Gasteiger partial charge on any atom is -0.497 e. The van der Waals surface area contributed by atoms with Crippen molar-refractivity contribution in [3.8, 4) is 16.3 Å². The van der Waals surface area contributed by atoms with Crippen molar-refractivity contribution in [1.82, 2.24) is 5.16 Å². The number of carbonyl (C=O) groups excluding carboxylic acids is 1. The third-order valence-electron chi connectivity index (χ3n) is 3.54. The Morgan fingerprint density at radius 3 is 2.92 bits per heavy atom. The van der Waals surface area contributed by atoms with Gasteiger partial charge in [-0.1, -0.05) is 17.3 Å². The van der Waals surface area contributed by atoms with Crippen molar-refractivity contribution in [2.45, 2.75) is 19.8 Å². The predicted molar refractivity (Wildman–Crippen MR) is 94.5 cm³/mol. The minimum absolute atomic E-state index is 0.108. The second kappa shape index (κ2) is 7.31. The number of aryl methyl sites for hydroxylation is 2. The van der Waals surface area contributed by atoms with Crippen LogP contribution in [0.15, 0.2) is 47.0 Å². The minimum atomic E-state index is -0.108. The maximum atomic E-state index is 12.1. The summed E-state index contributed by atoms with van der Waals surface area (Å²) >= 11 is 1.64. The number of methoxy groups -OCH3 is 1. The van der Waals surface area contributed by atoms with E-state index in [1.807, 2.05) is 43.3 Å². The van der Waals surface area contributed by atoms with Crippen molar-refractivity contribution in [2.75, 3.05) is 12.4 Å². The number of hydrogen-bond acceptors (Lipinski definition) is 5. The summed E-state index contributed by atoms with van der Waals surface area (Å²) in [4.78, 5) is 14.3. The SMILES string of the molecule is COc1cccc(CCC(=O)Nc2cc(-c3ccc(C)s3)no2)c1. The number of ether oxygens (including phenoxy) is 1. The van der Waals surface area contributed by atoms with E-state index < -0.39 is 0 Å². The fraction of sp³-hybridized carbons (Fsp3) is 0.222. The molecule has 0 unspecified atom stereocenters. The van der Waals surface area contributed by atoms with Gasteiger partial charge in [-0.2, -0.15) is 0 Å². The van der Waals surface area contributed by atoms with Gasteiger partial charge in [-0.25, -0.2) is 0 Å². The molecular formula is C18H18N2O3S. The summed E-state index contributed by atoms with van der Waals surface area (Å²) in [7, 11) is 1.63. The zero-order chi connectivity index (χ0) is 16.9. The van der Waals surface area contributed by atoms with Crippen molar-refractivity contribution < 1.29 is 14.1 Å². The van der Waals surface area contributed by atoms with Crippen LogP contribution in [0.5, 0.6) is 5.75 Å². The highest BCUT2D eigenvalue weighted by atomic mass is 32.1. The molecule has 3 rings (SSSR count). The molecule has 24 heavy (non-hydrogen) atoms. The van der Waals surface area contributed by atoms with Crippen LogP contribution in [0.2, 0.25) is 0 Å². The molecule has 124 valence electrons. The predicted octanol–water partition coefficient (Wildman–Crippen LogP) is 4.29. The van der Waals surface area contributed by atoms with Gasteiger partial charge < -0.3 is 9.26 Å². The van der Waals surface area contributed by atoms with Crippen LogP contribution in [0.4, 0.5) is 5.88 Å². The lowest BCUT2D eigenvalue weighted by Crippen LogP contribution is -2.11. The monoisotopic (exact) mass is 342 g/mol. The number of anilines is 1. The Labute approximate surface area is 144 Å². The molecule has 2 aromatic heterocycles. The second-order valence-electron chi connectivity index (χ2n) is 5.39. The molecular weight excluding hydrogens is 324 g/mol. The molecule has 0 saturated carbocycles. The Morgan fingerprint density at radius 1 is 1.29 bits per heavy atom. The number of amides is 1. The number of nitrogens with one attached hydrogen (secondary N) is 1. The van der Waals surface area contributed by atoms with Gasteiger partial charge in [-0.05, 0) is 43.2 Å². The van der Waals surface area contributed by atoms with Crippen molar-refractivity contribution in [1.29, 1.82) is 0 Å². The third-order valence-corrected chi connectivity index (χ3v) is 4.56. The molecule has 5 nitrogen and oxygen atoms in total. The number of benzene rings is 1. The van der Waals surface area contributed by atoms with Crippen LogP contribution >= 0.6 is 11.3 Å². The van der Waals surface area contributed by atoms with Crippen LogP contribution in [0, 0.1) is 6.92 Å². The van der Waals surface area contributed by atoms with Crippen LogP contribution in [0.1, 0.15) is 16.9 Å². The molecule has 6 heteroatoms. The molecule has 0 atom stereocenters. The highest BCUT2D eigenvalue weighted by Gasteiger charge is 2.11. The van der Waals surface area contributed by atoms with E-state index in [0.29, 0.717) is 18.7 Å². The van der Waals surface area contributed by atoms with E-state index in [0.717, 1.165) is 21.9 Å². The van der Waals surface area contributed by atoms with Crippen LogP contribution in [0.3, 0.4) is 0 Å². The summed E-state index contributed by atoms with van der Waals surface area (Å²) in [5.41, 5.74) is 1.79. The Kier molecular flexibility index (Phi) is 4.96. The average molecular weight is 342 g/mol. The summed E-state index contributed by atoms with van der Waals surface area (Å²) in [5.74, 6) is 1.05. The molecule has 0 aliphatic rings. The molecule has 0 aliphatic heterocycles. The lowest BCUT2D eigenvalue weighted by Gasteiger charge is -2.04. The molecule has 1 N–H and O–H groups in total. The van der Waals surface area contributed by atoms with E-state index in [-0.39, 0.29) is 5.91 Å². The van der Waals surface area contributed by atoms with Crippen LogP contribution < -0.4 is 10.1 Å². The van der Waals surface area contributed by atoms with Crippen molar-refractivity contribution >= 4 is 23.1 Å². The first-order chi connectivity index (χ1) is 11.6. The first kappa shape index (κ1) is 16.3. The van der Waals surface area contributed by atoms with E-state index in [9.17, 15) is 4.79 Å². The number of carbonyl (C=O) groups is 1. The second-order valence-corrected chi connectivity index (χ2v) is 6.67. The van der Waals surface area contributed by atoms with Gasteiger partial charge in [-0.15, -0.1) is 11.3 Å². The van der Waals surface area contributed by atoms with E-state index in [2.05, 4.69) is 10.5 Å². The Morgan fingerprint density at radius 2 is 2.17 bits per heavy atom. The lowest BCUT2D eigenvalue weighted by atomic mass is 10.1. The maximum absolute atomic E-state index is 12.1. The first-order valence-electron chi connectivity index (χ1n) is 7.60. The quantitative estimate of drug-likeness (QED) is 0.726. The summed E-state index contributed by atoms with van der Waals surface area (Å²) < 4.78 is 10.4. The number of thiophene rings is 1. The number of rotatable bonds is 6. The number of aromatic nitrogens is 1. The van der Waals surface area contributed by atoms with Gasteiger partial charge in [0.15, 0.2) is 0 Å². The van der Waals surface area contributed by atoms with Crippen LogP contribution in [-0.4, -0.2) is 18.2 Å². The van der Waals surface area contributed by atoms with E-state index >= 15 is 0 Å². The molecule has 0 fully saturated rings. The van der Waals surface area contributed by atoms with Crippen molar-refractivity contribution in [3.05, 3.63) is 52.9 Å². The average Bonchev–Trinajstić information content (AvgIpc) is 3.22. The molecule has 0 spiro atoms. The summed E-state index contributed by atoms with van der Waals surface area (Å²) in [6.45, 7) is 2.04. The fourth-order valence-corrected chi connectivity index (χ4v) is 3.13. The molecule has 3 aromatic rings. The fourth-order valence-electron chi connectivity index (χ4n) is 2.31. The summed E-state index contributed by atoms with van der Waals surface area (Å²) in [5, 5.41) is 6.74. The summed E-state index contributed by atoms with van der Waals surface area (Å²) in [6, 6.07) is 13.5. The smallest absolute Gasteiger partial charge is 0.231 e.